The van der Waals surface area contributed by atoms with Gasteiger partial charge in [0.25, 0.3) is 5.91 Å². The third-order valence-electron chi connectivity index (χ3n) is 5.83. The van der Waals surface area contributed by atoms with Crippen LogP contribution in [0.3, 0.4) is 0 Å². The molecule has 0 aliphatic rings. The molecule has 0 saturated carbocycles. The van der Waals surface area contributed by atoms with Gasteiger partial charge in [0, 0.05) is 35.0 Å². The number of hydrogen-bond acceptors (Lipinski definition) is 8. The lowest BCUT2D eigenvalue weighted by atomic mass is 10.1. The van der Waals surface area contributed by atoms with E-state index in [2.05, 4.69) is 10.4 Å². The molecule has 0 saturated heterocycles. The number of hydrogen-bond donors (Lipinski definition) is 1. The molecule has 0 unspecified atom stereocenters. The van der Waals surface area contributed by atoms with Gasteiger partial charge < -0.3 is 14.5 Å². The van der Waals surface area contributed by atoms with Gasteiger partial charge in [-0.3, -0.25) is 14.9 Å². The van der Waals surface area contributed by atoms with Crippen LogP contribution in [0.4, 0.5) is 15.8 Å². The van der Waals surface area contributed by atoms with Crippen LogP contribution in [0.25, 0.3) is 34.0 Å². The maximum absolute atomic E-state index is 13.5. The molecular formula is C29H19FN4O7. The topological polar surface area (TPSA) is 147 Å². The molecule has 0 aliphatic heterocycles. The number of carbonyl (C=O) groups is 2. The maximum atomic E-state index is 13.5. The Morgan fingerprint density at radius 2 is 1.83 bits per heavy atom. The molecule has 0 radical (unpaired) electrons. The van der Waals surface area contributed by atoms with Gasteiger partial charge in [0.15, 0.2) is 6.61 Å². The van der Waals surface area contributed by atoms with E-state index in [9.17, 15) is 28.9 Å². The van der Waals surface area contributed by atoms with Gasteiger partial charge in [-0.25, -0.2) is 14.3 Å². The van der Waals surface area contributed by atoms with Gasteiger partial charge in [-0.2, -0.15) is 9.49 Å². The molecule has 12 heteroatoms. The Labute approximate surface area is 230 Å². The summed E-state index contributed by atoms with van der Waals surface area (Å²) in [5, 5.41) is 18.4. The number of para-hydroxylation sites is 2. The summed E-state index contributed by atoms with van der Waals surface area (Å²) in [6.45, 7) is -0.710. The summed E-state index contributed by atoms with van der Waals surface area (Å²) in [4.78, 5) is 47.4. The van der Waals surface area contributed by atoms with Crippen molar-refractivity contribution in [1.29, 1.82) is 0 Å². The van der Waals surface area contributed by atoms with Crippen molar-refractivity contribution < 1.29 is 28.1 Å². The second kappa shape index (κ2) is 11.5. The van der Waals surface area contributed by atoms with Gasteiger partial charge >= 0.3 is 17.3 Å². The summed E-state index contributed by atoms with van der Waals surface area (Å²) >= 11 is 0. The van der Waals surface area contributed by atoms with Crippen LogP contribution in [-0.4, -0.2) is 33.2 Å². The number of nitro groups is 1. The Bertz CT molecular complexity index is 1880. The molecule has 2 aromatic heterocycles. The Kier molecular flexibility index (Phi) is 7.45. The van der Waals surface area contributed by atoms with E-state index in [1.54, 1.807) is 41.2 Å². The number of benzene rings is 3. The number of fused-ring (bicyclic) bond motifs is 1. The van der Waals surface area contributed by atoms with Crippen LogP contribution >= 0.6 is 0 Å². The number of nitrogens with zero attached hydrogens (tertiary/aromatic N) is 3. The fourth-order valence-corrected chi connectivity index (χ4v) is 3.93. The number of esters is 1. The first-order valence-electron chi connectivity index (χ1n) is 12.1. The minimum atomic E-state index is -1.05. The third-order valence-corrected chi connectivity index (χ3v) is 5.83. The number of amides is 1. The molecule has 2 heterocycles. The molecule has 5 aromatic rings. The number of aromatic nitrogens is 2. The van der Waals surface area contributed by atoms with Crippen molar-refractivity contribution in [1.82, 2.24) is 9.78 Å². The van der Waals surface area contributed by atoms with Gasteiger partial charge in [0.2, 0.25) is 5.82 Å². The molecule has 0 bridgehead atoms. The van der Waals surface area contributed by atoms with Gasteiger partial charge in [-0.1, -0.05) is 36.4 Å². The van der Waals surface area contributed by atoms with Gasteiger partial charge in [-0.15, -0.1) is 0 Å². The summed E-state index contributed by atoms with van der Waals surface area (Å²) in [6.07, 6.45) is 4.08. The van der Waals surface area contributed by atoms with Crippen molar-refractivity contribution in [2.24, 2.45) is 0 Å². The van der Waals surface area contributed by atoms with Gasteiger partial charge in [0.05, 0.1) is 16.2 Å². The average Bonchev–Trinajstić information content (AvgIpc) is 3.40. The SMILES string of the molecule is O=C(COC(=O)C=Cc1cn(-c2ccccc2)nc1-c1cc2ccccc2oc1=O)Nc1ccc(F)c([N+](=O)[O-])c1. The molecular weight excluding hydrogens is 535 g/mol. The molecule has 1 N–H and O–H groups in total. The summed E-state index contributed by atoms with van der Waals surface area (Å²) in [7, 11) is 0. The summed E-state index contributed by atoms with van der Waals surface area (Å²) in [5.41, 5.74) is 0.495. The number of nitrogens with one attached hydrogen (secondary N) is 1. The zero-order valence-electron chi connectivity index (χ0n) is 21.0. The summed E-state index contributed by atoms with van der Waals surface area (Å²) < 4.78 is 25.5. The molecule has 0 aliphatic carbocycles. The lowest BCUT2D eigenvalue weighted by molar-refractivity contribution is -0.387. The Hall–Kier alpha value is -5.91. The van der Waals surface area contributed by atoms with E-state index in [4.69, 9.17) is 9.15 Å². The fraction of sp³-hybridized carbons (Fsp3) is 0.0345. The van der Waals surface area contributed by atoms with Crippen molar-refractivity contribution in [3.8, 4) is 16.9 Å². The number of anilines is 1. The normalized spacial score (nSPS) is 11.0. The van der Waals surface area contributed by atoms with Crippen LogP contribution in [-0.2, 0) is 14.3 Å². The molecule has 0 fully saturated rings. The highest BCUT2D eigenvalue weighted by Gasteiger charge is 2.18. The first-order chi connectivity index (χ1) is 19.8. The number of nitro benzene ring substituents is 1. The van der Waals surface area contributed by atoms with E-state index >= 15 is 0 Å². The molecule has 1 amide bonds. The highest BCUT2D eigenvalue weighted by Crippen LogP contribution is 2.26. The van der Waals surface area contributed by atoms with Crippen LogP contribution < -0.4 is 10.9 Å². The molecule has 0 atom stereocenters. The van der Waals surface area contributed by atoms with Crippen molar-refractivity contribution in [3.05, 3.63) is 123 Å². The Morgan fingerprint density at radius 3 is 2.61 bits per heavy atom. The fourth-order valence-electron chi connectivity index (χ4n) is 3.93. The van der Waals surface area contributed by atoms with Crippen LogP contribution in [0.2, 0.25) is 0 Å². The third kappa shape index (κ3) is 6.06. The van der Waals surface area contributed by atoms with E-state index in [1.165, 1.54) is 6.08 Å². The van der Waals surface area contributed by atoms with E-state index in [-0.39, 0.29) is 16.9 Å². The Morgan fingerprint density at radius 1 is 1.07 bits per heavy atom. The molecule has 3 aromatic carbocycles. The largest absolute Gasteiger partial charge is 0.452 e. The number of halogens is 1. The van der Waals surface area contributed by atoms with Gasteiger partial charge in [-0.05, 0) is 42.5 Å². The molecule has 204 valence electrons. The van der Waals surface area contributed by atoms with Gasteiger partial charge in [0.1, 0.15) is 11.3 Å². The Balaban J connectivity index is 1.35. The van der Waals surface area contributed by atoms with E-state index < -0.39 is 40.5 Å². The summed E-state index contributed by atoms with van der Waals surface area (Å²) in [6, 6.07) is 20.6. The van der Waals surface area contributed by atoms with E-state index in [0.29, 0.717) is 22.2 Å². The molecule has 0 spiro atoms. The molecule has 41 heavy (non-hydrogen) atoms. The quantitative estimate of drug-likeness (QED) is 0.0938. The first-order valence-corrected chi connectivity index (χ1v) is 12.1. The average molecular weight is 554 g/mol. The van der Waals surface area contributed by atoms with Crippen LogP contribution in [0.5, 0.6) is 0 Å². The zero-order chi connectivity index (χ0) is 28.9. The van der Waals surface area contributed by atoms with Crippen molar-refractivity contribution >= 4 is 40.3 Å². The van der Waals surface area contributed by atoms with E-state index in [0.717, 1.165) is 24.3 Å². The predicted molar refractivity (Wildman–Crippen MR) is 147 cm³/mol. The predicted octanol–water partition coefficient (Wildman–Crippen LogP) is 4.89. The second-order valence-electron chi connectivity index (χ2n) is 8.61. The maximum Gasteiger partial charge on any atom is 0.345 e. The highest BCUT2D eigenvalue weighted by molar-refractivity contribution is 5.95. The smallest absolute Gasteiger partial charge is 0.345 e. The number of carbonyl (C=O) groups excluding carboxylic acids is 2. The zero-order valence-corrected chi connectivity index (χ0v) is 21.0. The van der Waals surface area contributed by atoms with Crippen molar-refractivity contribution in [3.63, 3.8) is 0 Å². The minimum Gasteiger partial charge on any atom is -0.452 e. The lowest BCUT2D eigenvalue weighted by Gasteiger charge is -2.05. The number of rotatable bonds is 8. The lowest BCUT2D eigenvalue weighted by Crippen LogP contribution is -2.20. The molecule has 5 rings (SSSR count). The standard InChI is InChI=1S/C29H19FN4O7/c30-23-12-11-20(15-24(23)34(38)39)31-26(35)17-40-27(36)13-10-19-16-33(21-7-2-1-3-8-21)32-28(19)22-14-18-6-4-5-9-25(18)41-29(22)37/h1-16H,17H2,(H,31,35). The van der Waals surface area contributed by atoms with Crippen molar-refractivity contribution in [2.45, 2.75) is 0 Å². The first kappa shape index (κ1) is 26.7. The van der Waals surface area contributed by atoms with Crippen LogP contribution in [0, 0.1) is 15.9 Å². The van der Waals surface area contributed by atoms with Crippen LogP contribution in [0.15, 0.2) is 100 Å². The van der Waals surface area contributed by atoms with E-state index in [1.807, 2.05) is 30.3 Å². The monoisotopic (exact) mass is 554 g/mol. The second-order valence-corrected chi connectivity index (χ2v) is 8.61. The highest BCUT2D eigenvalue weighted by atomic mass is 19.1. The number of ether oxygens (including phenoxy) is 1. The summed E-state index contributed by atoms with van der Waals surface area (Å²) in [5.74, 6) is -2.73. The minimum absolute atomic E-state index is 0.0399. The van der Waals surface area contributed by atoms with Crippen molar-refractivity contribution in [2.75, 3.05) is 11.9 Å². The molecule has 11 nitrogen and oxygen atoms in total. The van der Waals surface area contributed by atoms with Crippen LogP contribution in [0.1, 0.15) is 5.56 Å².